The molecule has 0 bridgehead atoms. The molecule has 0 heterocycles. The van der Waals surface area contributed by atoms with E-state index in [4.69, 9.17) is 16.3 Å². The Hall–Kier alpha value is -2.58. The van der Waals surface area contributed by atoms with Crippen molar-refractivity contribution in [1.82, 2.24) is 0 Å². The van der Waals surface area contributed by atoms with E-state index < -0.39 is 10.8 Å². The fraction of sp³-hybridized carbons (Fsp3) is 0.188. The summed E-state index contributed by atoms with van der Waals surface area (Å²) < 4.78 is 5.27. The van der Waals surface area contributed by atoms with Crippen molar-refractivity contribution in [2.45, 2.75) is 12.3 Å². The summed E-state index contributed by atoms with van der Waals surface area (Å²) in [6.07, 6.45) is 0.422. The molecule has 2 aromatic carbocycles. The van der Waals surface area contributed by atoms with Crippen molar-refractivity contribution in [3.05, 3.63) is 68.7 Å². The van der Waals surface area contributed by atoms with Gasteiger partial charge in [0.1, 0.15) is 5.75 Å². The molecule has 5 nitrogen and oxygen atoms in total. The van der Waals surface area contributed by atoms with Crippen LogP contribution in [0.2, 0.25) is 5.02 Å². The van der Waals surface area contributed by atoms with Crippen molar-refractivity contribution in [2.75, 3.05) is 7.11 Å². The molecule has 0 aliphatic rings. The highest BCUT2D eigenvalue weighted by atomic mass is 35.5. The third-order valence-electron chi connectivity index (χ3n) is 3.31. The Morgan fingerprint density at radius 3 is 2.55 bits per heavy atom. The lowest BCUT2D eigenvalue weighted by molar-refractivity contribution is -0.384. The van der Waals surface area contributed by atoms with Gasteiger partial charge in [-0.3, -0.25) is 10.1 Å². The van der Waals surface area contributed by atoms with Gasteiger partial charge >= 0.3 is 0 Å². The first kappa shape index (κ1) is 15.8. The summed E-state index contributed by atoms with van der Waals surface area (Å²) in [4.78, 5) is 10.2. The number of methoxy groups -OCH3 is 1. The van der Waals surface area contributed by atoms with Crippen molar-refractivity contribution in [3.8, 4) is 11.8 Å². The lowest BCUT2D eigenvalue weighted by Gasteiger charge is -2.14. The van der Waals surface area contributed by atoms with Gasteiger partial charge in [-0.1, -0.05) is 23.7 Å². The van der Waals surface area contributed by atoms with Gasteiger partial charge in [0.15, 0.2) is 0 Å². The zero-order valence-electron chi connectivity index (χ0n) is 11.8. The first-order chi connectivity index (χ1) is 10.5. The Labute approximate surface area is 132 Å². The molecule has 0 fully saturated rings. The molecule has 2 rings (SSSR count). The number of nitrogens with zero attached hydrogens (tertiary/aromatic N) is 2. The number of nitro benzene ring substituents is 1. The summed E-state index contributed by atoms with van der Waals surface area (Å²) in [6.45, 7) is 0. The average Bonchev–Trinajstić information content (AvgIpc) is 2.53. The standard InChI is InChI=1S/C16H13ClN2O3/c1-22-16-7-4-13(17)9-15(16)12(10-18)8-11-2-5-14(6-3-11)19(20)21/h2-7,9,12H,8H2,1H3. The van der Waals surface area contributed by atoms with Crippen molar-refractivity contribution < 1.29 is 9.66 Å². The first-order valence-electron chi connectivity index (χ1n) is 6.51. The number of non-ortho nitro benzene ring substituents is 1. The number of rotatable bonds is 5. The second-order valence-electron chi connectivity index (χ2n) is 4.70. The maximum Gasteiger partial charge on any atom is 0.269 e. The predicted molar refractivity (Wildman–Crippen MR) is 83.2 cm³/mol. The van der Waals surface area contributed by atoms with Gasteiger partial charge < -0.3 is 4.74 Å². The minimum atomic E-state index is -0.453. The largest absolute Gasteiger partial charge is 0.496 e. The third kappa shape index (κ3) is 3.54. The molecule has 1 unspecified atom stereocenters. The third-order valence-corrected chi connectivity index (χ3v) is 3.55. The number of hydrogen-bond acceptors (Lipinski definition) is 4. The van der Waals surface area contributed by atoms with Crippen molar-refractivity contribution >= 4 is 17.3 Å². The Bertz CT molecular complexity index is 723. The van der Waals surface area contributed by atoms with E-state index in [-0.39, 0.29) is 5.69 Å². The fourth-order valence-electron chi connectivity index (χ4n) is 2.19. The Kier molecular flexibility index (Phi) is 4.97. The van der Waals surface area contributed by atoms with Crippen LogP contribution >= 0.6 is 11.6 Å². The maximum atomic E-state index is 10.7. The molecule has 0 aromatic heterocycles. The first-order valence-corrected chi connectivity index (χ1v) is 6.89. The summed E-state index contributed by atoms with van der Waals surface area (Å²) in [5, 5.41) is 20.6. The molecule has 22 heavy (non-hydrogen) atoms. The van der Waals surface area contributed by atoms with Crippen molar-refractivity contribution in [1.29, 1.82) is 5.26 Å². The molecule has 0 radical (unpaired) electrons. The Balaban J connectivity index is 2.28. The summed E-state index contributed by atoms with van der Waals surface area (Å²) in [7, 11) is 1.53. The van der Waals surface area contributed by atoms with Crippen LogP contribution in [0.3, 0.4) is 0 Å². The van der Waals surface area contributed by atoms with Crippen LogP contribution in [0.4, 0.5) is 5.69 Å². The smallest absolute Gasteiger partial charge is 0.269 e. The van der Waals surface area contributed by atoms with Gasteiger partial charge in [0.25, 0.3) is 5.69 Å². The average molecular weight is 317 g/mol. The molecule has 0 aliphatic carbocycles. The van der Waals surface area contributed by atoms with E-state index in [1.54, 1.807) is 30.3 Å². The zero-order valence-corrected chi connectivity index (χ0v) is 12.6. The summed E-state index contributed by atoms with van der Waals surface area (Å²) in [5.41, 5.74) is 1.56. The van der Waals surface area contributed by atoms with E-state index in [2.05, 4.69) is 6.07 Å². The summed E-state index contributed by atoms with van der Waals surface area (Å²) in [5.74, 6) is 0.146. The molecule has 1 atom stereocenters. The van der Waals surface area contributed by atoms with Crippen LogP contribution in [0.1, 0.15) is 17.0 Å². The van der Waals surface area contributed by atoms with Gasteiger partial charge in [0, 0.05) is 22.7 Å². The number of hydrogen-bond donors (Lipinski definition) is 0. The predicted octanol–water partition coefficient (Wildman–Crippen LogP) is 4.11. The van der Waals surface area contributed by atoms with Crippen LogP contribution in [-0.2, 0) is 6.42 Å². The molecule has 0 amide bonds. The fourth-order valence-corrected chi connectivity index (χ4v) is 2.37. The maximum absolute atomic E-state index is 10.7. The monoisotopic (exact) mass is 316 g/mol. The van der Waals surface area contributed by atoms with Gasteiger partial charge in [-0.25, -0.2) is 0 Å². The van der Waals surface area contributed by atoms with Gasteiger partial charge in [0.05, 0.1) is 24.0 Å². The second-order valence-corrected chi connectivity index (χ2v) is 5.13. The lowest BCUT2D eigenvalue weighted by atomic mass is 9.92. The van der Waals surface area contributed by atoms with E-state index in [9.17, 15) is 15.4 Å². The number of ether oxygens (including phenoxy) is 1. The summed E-state index contributed by atoms with van der Waals surface area (Å²) >= 11 is 5.99. The molecule has 0 spiro atoms. The van der Waals surface area contributed by atoms with Crippen LogP contribution in [0.25, 0.3) is 0 Å². The van der Waals surface area contributed by atoms with Gasteiger partial charge in [-0.2, -0.15) is 5.26 Å². The molecule has 0 N–H and O–H groups in total. The highest BCUT2D eigenvalue weighted by molar-refractivity contribution is 6.30. The van der Waals surface area contributed by atoms with Gasteiger partial charge in [0.2, 0.25) is 0 Å². The molecule has 0 saturated heterocycles. The molecular weight excluding hydrogens is 304 g/mol. The highest BCUT2D eigenvalue weighted by Crippen LogP contribution is 2.31. The van der Waals surface area contributed by atoms with E-state index in [0.717, 1.165) is 5.56 Å². The van der Waals surface area contributed by atoms with Gasteiger partial charge in [-0.05, 0) is 30.2 Å². The second kappa shape index (κ2) is 6.92. The van der Waals surface area contributed by atoms with E-state index in [0.29, 0.717) is 22.8 Å². The minimum Gasteiger partial charge on any atom is -0.496 e. The number of nitro groups is 1. The number of benzene rings is 2. The van der Waals surface area contributed by atoms with Crippen LogP contribution in [0, 0.1) is 21.4 Å². The Morgan fingerprint density at radius 2 is 2.00 bits per heavy atom. The van der Waals surface area contributed by atoms with Crippen LogP contribution in [0.5, 0.6) is 5.75 Å². The van der Waals surface area contributed by atoms with Crippen LogP contribution < -0.4 is 4.74 Å². The molecule has 6 heteroatoms. The summed E-state index contributed by atoms with van der Waals surface area (Å²) in [6, 6.07) is 13.5. The lowest BCUT2D eigenvalue weighted by Crippen LogP contribution is -2.03. The number of nitriles is 1. The SMILES string of the molecule is COc1ccc(Cl)cc1C(C#N)Cc1ccc([N+](=O)[O-])cc1. The topological polar surface area (TPSA) is 76.2 Å². The molecule has 2 aromatic rings. The normalized spacial score (nSPS) is 11.5. The van der Waals surface area contributed by atoms with E-state index in [1.807, 2.05) is 0 Å². The Morgan fingerprint density at radius 1 is 1.32 bits per heavy atom. The minimum absolute atomic E-state index is 0.0255. The zero-order chi connectivity index (χ0) is 16.1. The van der Waals surface area contributed by atoms with Crippen LogP contribution in [-0.4, -0.2) is 12.0 Å². The van der Waals surface area contributed by atoms with Crippen molar-refractivity contribution in [2.24, 2.45) is 0 Å². The van der Waals surface area contributed by atoms with Gasteiger partial charge in [-0.15, -0.1) is 0 Å². The molecule has 112 valence electrons. The van der Waals surface area contributed by atoms with Crippen molar-refractivity contribution in [3.63, 3.8) is 0 Å². The van der Waals surface area contributed by atoms with E-state index >= 15 is 0 Å². The molecule has 0 saturated carbocycles. The highest BCUT2D eigenvalue weighted by Gasteiger charge is 2.17. The molecule has 0 aliphatic heterocycles. The van der Waals surface area contributed by atoms with Crippen LogP contribution in [0.15, 0.2) is 42.5 Å². The number of halogens is 1. The quantitative estimate of drug-likeness (QED) is 0.614. The van der Waals surface area contributed by atoms with E-state index in [1.165, 1.54) is 19.2 Å². The molecular formula is C16H13ClN2O3.